The molecule has 0 saturated carbocycles. The minimum atomic E-state index is -0.696. The second-order valence-corrected chi connectivity index (χ2v) is 4.04. The largest absolute Gasteiger partial charge is 0.326 e. The maximum atomic E-state index is 13.7. The standard InChI is InChI=1S/C12H12FN5O2/c1-7(19)16-8-3-4-10(13)9(5-8)11(20)17-12-14-6-15-18(12)2/h3-6H,1-2H3,(H,16,19)(H,14,15,17,20). The van der Waals surface area contributed by atoms with Crippen molar-refractivity contribution < 1.29 is 14.0 Å². The molecule has 2 N–H and O–H groups in total. The van der Waals surface area contributed by atoms with Crippen LogP contribution in [0.2, 0.25) is 0 Å². The van der Waals surface area contributed by atoms with Crippen LogP contribution in [0.5, 0.6) is 0 Å². The van der Waals surface area contributed by atoms with Crippen LogP contribution in [0.3, 0.4) is 0 Å². The number of anilines is 2. The van der Waals surface area contributed by atoms with Crippen LogP contribution in [0.1, 0.15) is 17.3 Å². The smallest absolute Gasteiger partial charge is 0.261 e. The molecule has 2 amide bonds. The highest BCUT2D eigenvalue weighted by Crippen LogP contribution is 2.16. The average molecular weight is 277 g/mol. The van der Waals surface area contributed by atoms with Crippen LogP contribution in [0, 0.1) is 5.82 Å². The van der Waals surface area contributed by atoms with Gasteiger partial charge in [-0.2, -0.15) is 10.1 Å². The Hall–Kier alpha value is -2.77. The van der Waals surface area contributed by atoms with Crippen molar-refractivity contribution in [2.24, 2.45) is 7.05 Å². The Morgan fingerprint density at radius 1 is 1.30 bits per heavy atom. The van der Waals surface area contributed by atoms with Gasteiger partial charge in [0.1, 0.15) is 12.1 Å². The van der Waals surface area contributed by atoms with Crippen LogP contribution in [0.25, 0.3) is 0 Å². The molecule has 2 aromatic rings. The minimum Gasteiger partial charge on any atom is -0.326 e. The SMILES string of the molecule is CC(=O)Nc1ccc(F)c(C(=O)Nc2ncnn2C)c1. The first kappa shape index (κ1) is 13.7. The predicted octanol–water partition coefficient (Wildman–Crippen LogP) is 1.16. The Morgan fingerprint density at radius 3 is 2.65 bits per heavy atom. The number of nitrogens with zero attached hydrogens (tertiary/aromatic N) is 3. The Morgan fingerprint density at radius 2 is 2.05 bits per heavy atom. The summed E-state index contributed by atoms with van der Waals surface area (Å²) >= 11 is 0. The van der Waals surface area contributed by atoms with Gasteiger partial charge in [-0.25, -0.2) is 9.07 Å². The van der Waals surface area contributed by atoms with E-state index in [1.807, 2.05) is 0 Å². The fourth-order valence-electron chi connectivity index (χ4n) is 1.56. The summed E-state index contributed by atoms with van der Waals surface area (Å²) in [6.07, 6.45) is 1.26. The van der Waals surface area contributed by atoms with Crippen LogP contribution in [-0.2, 0) is 11.8 Å². The molecule has 0 fully saturated rings. The molecule has 0 aliphatic heterocycles. The van der Waals surface area contributed by atoms with Crippen molar-refractivity contribution in [3.05, 3.63) is 35.9 Å². The van der Waals surface area contributed by atoms with Crippen LogP contribution in [0.15, 0.2) is 24.5 Å². The Labute approximate surface area is 113 Å². The number of aryl methyl sites for hydroxylation is 1. The Balaban J connectivity index is 2.24. The fraction of sp³-hybridized carbons (Fsp3) is 0.167. The van der Waals surface area contributed by atoms with Crippen molar-refractivity contribution in [3.8, 4) is 0 Å². The van der Waals surface area contributed by atoms with Crippen molar-refractivity contribution in [1.29, 1.82) is 0 Å². The van der Waals surface area contributed by atoms with Crippen LogP contribution in [-0.4, -0.2) is 26.6 Å². The lowest BCUT2D eigenvalue weighted by atomic mass is 10.1. The van der Waals surface area contributed by atoms with E-state index in [1.165, 1.54) is 30.1 Å². The molecule has 1 aromatic heterocycles. The molecule has 0 spiro atoms. The summed E-state index contributed by atoms with van der Waals surface area (Å²) in [4.78, 5) is 26.7. The van der Waals surface area contributed by atoms with E-state index in [-0.39, 0.29) is 17.4 Å². The topological polar surface area (TPSA) is 88.9 Å². The quantitative estimate of drug-likeness (QED) is 0.881. The first-order chi connectivity index (χ1) is 9.47. The summed E-state index contributed by atoms with van der Waals surface area (Å²) in [6, 6.07) is 3.73. The van der Waals surface area contributed by atoms with Gasteiger partial charge >= 0.3 is 0 Å². The molecule has 104 valence electrons. The van der Waals surface area contributed by atoms with Crippen molar-refractivity contribution in [3.63, 3.8) is 0 Å². The van der Waals surface area contributed by atoms with Crippen molar-refractivity contribution in [2.75, 3.05) is 10.6 Å². The molecule has 20 heavy (non-hydrogen) atoms. The number of hydrogen-bond acceptors (Lipinski definition) is 4. The minimum absolute atomic E-state index is 0.194. The van der Waals surface area contributed by atoms with Crippen LogP contribution >= 0.6 is 0 Å². The maximum Gasteiger partial charge on any atom is 0.261 e. The molecule has 7 nitrogen and oxygen atoms in total. The van der Waals surface area contributed by atoms with E-state index in [0.29, 0.717) is 5.69 Å². The van der Waals surface area contributed by atoms with E-state index < -0.39 is 11.7 Å². The van der Waals surface area contributed by atoms with E-state index in [4.69, 9.17) is 0 Å². The molecule has 0 saturated heterocycles. The van der Waals surface area contributed by atoms with E-state index >= 15 is 0 Å². The van der Waals surface area contributed by atoms with E-state index in [1.54, 1.807) is 7.05 Å². The van der Waals surface area contributed by atoms with Gasteiger partial charge in [0.25, 0.3) is 5.91 Å². The Kier molecular flexibility index (Phi) is 3.74. The zero-order valence-electron chi connectivity index (χ0n) is 10.8. The van der Waals surface area contributed by atoms with E-state index in [2.05, 4.69) is 20.7 Å². The van der Waals surface area contributed by atoms with Gasteiger partial charge in [-0.05, 0) is 18.2 Å². The molecule has 2 rings (SSSR count). The number of nitrogens with one attached hydrogen (secondary N) is 2. The Bertz CT molecular complexity index is 668. The lowest BCUT2D eigenvalue weighted by Crippen LogP contribution is -2.17. The highest BCUT2D eigenvalue weighted by Gasteiger charge is 2.15. The molecular weight excluding hydrogens is 265 g/mol. The van der Waals surface area contributed by atoms with Gasteiger partial charge in [-0.15, -0.1) is 0 Å². The van der Waals surface area contributed by atoms with E-state index in [0.717, 1.165) is 6.07 Å². The van der Waals surface area contributed by atoms with Gasteiger partial charge in [0.2, 0.25) is 11.9 Å². The summed E-state index contributed by atoms with van der Waals surface area (Å²) in [5.74, 6) is -1.49. The molecule has 0 radical (unpaired) electrons. The van der Waals surface area contributed by atoms with Crippen LogP contribution < -0.4 is 10.6 Å². The average Bonchev–Trinajstić information content (AvgIpc) is 2.77. The van der Waals surface area contributed by atoms with Gasteiger partial charge in [-0.3, -0.25) is 14.9 Å². The number of rotatable bonds is 3. The molecule has 0 aliphatic rings. The number of carbonyl (C=O) groups is 2. The van der Waals surface area contributed by atoms with Gasteiger partial charge < -0.3 is 5.32 Å². The molecule has 0 bridgehead atoms. The van der Waals surface area contributed by atoms with Crippen molar-refractivity contribution in [2.45, 2.75) is 6.92 Å². The second-order valence-electron chi connectivity index (χ2n) is 4.04. The number of hydrogen-bond donors (Lipinski definition) is 2. The van der Waals surface area contributed by atoms with Gasteiger partial charge in [0, 0.05) is 19.7 Å². The summed E-state index contributed by atoms with van der Waals surface area (Å²) < 4.78 is 15.0. The van der Waals surface area contributed by atoms with Gasteiger partial charge in [-0.1, -0.05) is 0 Å². The van der Waals surface area contributed by atoms with Crippen LogP contribution in [0.4, 0.5) is 16.0 Å². The van der Waals surface area contributed by atoms with E-state index in [9.17, 15) is 14.0 Å². The van der Waals surface area contributed by atoms with Crippen molar-refractivity contribution >= 4 is 23.5 Å². The normalized spacial score (nSPS) is 10.2. The monoisotopic (exact) mass is 277 g/mol. The lowest BCUT2D eigenvalue weighted by Gasteiger charge is -2.07. The fourth-order valence-corrected chi connectivity index (χ4v) is 1.56. The lowest BCUT2D eigenvalue weighted by molar-refractivity contribution is -0.114. The first-order valence-electron chi connectivity index (χ1n) is 5.70. The molecule has 1 aromatic carbocycles. The third-order valence-corrected chi connectivity index (χ3v) is 2.47. The highest BCUT2D eigenvalue weighted by atomic mass is 19.1. The first-order valence-corrected chi connectivity index (χ1v) is 5.70. The summed E-state index contributed by atoms with van der Waals surface area (Å²) in [5.41, 5.74) is 0.140. The van der Waals surface area contributed by atoms with Gasteiger partial charge in [0.15, 0.2) is 0 Å². The highest BCUT2D eigenvalue weighted by molar-refractivity contribution is 6.04. The molecular formula is C12H12FN5O2. The number of aromatic nitrogens is 3. The van der Waals surface area contributed by atoms with Crippen molar-refractivity contribution in [1.82, 2.24) is 14.8 Å². The van der Waals surface area contributed by atoms with Gasteiger partial charge in [0.05, 0.1) is 5.56 Å². The third-order valence-electron chi connectivity index (χ3n) is 2.47. The number of halogens is 1. The third kappa shape index (κ3) is 2.97. The molecule has 0 atom stereocenters. The number of carbonyl (C=O) groups excluding carboxylic acids is 2. The summed E-state index contributed by atoms with van der Waals surface area (Å²) in [5, 5.41) is 8.69. The molecule has 0 aliphatic carbocycles. The summed E-state index contributed by atoms with van der Waals surface area (Å²) in [7, 11) is 1.59. The number of benzene rings is 1. The molecule has 8 heteroatoms. The molecule has 1 heterocycles. The maximum absolute atomic E-state index is 13.7. The summed E-state index contributed by atoms with van der Waals surface area (Å²) in [6.45, 7) is 1.32. The zero-order chi connectivity index (χ0) is 14.7. The second kappa shape index (κ2) is 5.47. The predicted molar refractivity (Wildman–Crippen MR) is 69.7 cm³/mol. The molecule has 0 unspecified atom stereocenters. The zero-order valence-corrected chi connectivity index (χ0v) is 10.8. The number of amides is 2.